The first-order valence-corrected chi connectivity index (χ1v) is 6.21. The van der Waals surface area contributed by atoms with Crippen molar-refractivity contribution in [3.63, 3.8) is 0 Å². The molecule has 1 rings (SSSR count). The molecule has 1 unspecified atom stereocenters. The average Bonchev–Trinajstić information content (AvgIpc) is 2.34. The zero-order chi connectivity index (χ0) is 13.5. The quantitative estimate of drug-likeness (QED) is 0.574. The second-order valence-corrected chi connectivity index (χ2v) is 4.88. The standard InChI is InChI=1S/C15H20O3/c1-11(2)10-18-15(17)14(12(3)16)9-13-7-5-4-6-8-13/h4-8,11,14H,9-10H2,1-3H3. The Morgan fingerprint density at radius 1 is 1.17 bits per heavy atom. The third-order valence-corrected chi connectivity index (χ3v) is 2.62. The van der Waals surface area contributed by atoms with E-state index in [1.54, 1.807) is 0 Å². The van der Waals surface area contributed by atoms with Crippen LogP contribution in [0.2, 0.25) is 0 Å². The fourth-order valence-corrected chi connectivity index (χ4v) is 1.59. The van der Waals surface area contributed by atoms with Crippen LogP contribution in [-0.4, -0.2) is 18.4 Å². The number of hydrogen-bond donors (Lipinski definition) is 0. The van der Waals surface area contributed by atoms with Gasteiger partial charge in [0.05, 0.1) is 6.61 Å². The lowest BCUT2D eigenvalue weighted by Gasteiger charge is -2.14. The third kappa shape index (κ3) is 4.70. The monoisotopic (exact) mass is 248 g/mol. The molecule has 0 saturated heterocycles. The molecule has 0 aliphatic rings. The lowest BCUT2D eigenvalue weighted by atomic mass is 9.96. The maximum absolute atomic E-state index is 11.9. The highest BCUT2D eigenvalue weighted by molar-refractivity contribution is 5.98. The summed E-state index contributed by atoms with van der Waals surface area (Å²) >= 11 is 0. The van der Waals surface area contributed by atoms with E-state index in [0.29, 0.717) is 13.0 Å². The molecule has 3 heteroatoms. The third-order valence-electron chi connectivity index (χ3n) is 2.62. The number of Topliss-reactive ketones (excluding diaryl/α,β-unsaturated/α-hetero) is 1. The van der Waals surface area contributed by atoms with E-state index in [0.717, 1.165) is 5.56 Å². The smallest absolute Gasteiger partial charge is 0.316 e. The molecular weight excluding hydrogens is 228 g/mol. The summed E-state index contributed by atoms with van der Waals surface area (Å²) in [5.74, 6) is -0.975. The number of carbonyl (C=O) groups excluding carboxylic acids is 2. The molecule has 0 fully saturated rings. The molecule has 1 atom stereocenters. The van der Waals surface area contributed by atoms with Crippen LogP contribution in [0.15, 0.2) is 30.3 Å². The van der Waals surface area contributed by atoms with Gasteiger partial charge in [-0.1, -0.05) is 44.2 Å². The Morgan fingerprint density at radius 3 is 2.28 bits per heavy atom. The van der Waals surface area contributed by atoms with Crippen LogP contribution in [0.5, 0.6) is 0 Å². The van der Waals surface area contributed by atoms with Crippen molar-refractivity contribution in [2.24, 2.45) is 11.8 Å². The Balaban J connectivity index is 2.65. The lowest BCUT2D eigenvalue weighted by Crippen LogP contribution is -2.27. The average molecular weight is 248 g/mol. The summed E-state index contributed by atoms with van der Waals surface area (Å²) < 4.78 is 5.14. The van der Waals surface area contributed by atoms with Gasteiger partial charge in [0.25, 0.3) is 0 Å². The molecule has 0 aliphatic carbocycles. The van der Waals surface area contributed by atoms with Gasteiger partial charge in [-0.2, -0.15) is 0 Å². The summed E-state index contributed by atoms with van der Waals surface area (Å²) in [6.07, 6.45) is 0.410. The maximum atomic E-state index is 11.9. The van der Waals surface area contributed by atoms with E-state index in [1.807, 2.05) is 44.2 Å². The molecular formula is C15H20O3. The van der Waals surface area contributed by atoms with Gasteiger partial charge < -0.3 is 4.74 Å². The molecule has 0 radical (unpaired) electrons. The number of rotatable bonds is 6. The lowest BCUT2D eigenvalue weighted by molar-refractivity contribution is -0.152. The molecule has 0 N–H and O–H groups in total. The van der Waals surface area contributed by atoms with E-state index in [2.05, 4.69) is 0 Å². The fourth-order valence-electron chi connectivity index (χ4n) is 1.59. The highest BCUT2D eigenvalue weighted by Crippen LogP contribution is 2.12. The van der Waals surface area contributed by atoms with Crippen molar-refractivity contribution in [1.82, 2.24) is 0 Å². The fraction of sp³-hybridized carbons (Fsp3) is 0.467. The predicted octanol–water partition coefficient (Wildman–Crippen LogP) is 2.63. The highest BCUT2D eigenvalue weighted by atomic mass is 16.5. The van der Waals surface area contributed by atoms with Crippen LogP contribution in [0.4, 0.5) is 0 Å². The molecule has 0 amide bonds. The normalized spacial score (nSPS) is 12.2. The van der Waals surface area contributed by atoms with Crippen molar-refractivity contribution in [3.8, 4) is 0 Å². The van der Waals surface area contributed by atoms with Crippen LogP contribution in [0.25, 0.3) is 0 Å². The van der Waals surface area contributed by atoms with Crippen molar-refractivity contribution in [2.45, 2.75) is 27.2 Å². The van der Waals surface area contributed by atoms with Crippen LogP contribution in [0.3, 0.4) is 0 Å². The van der Waals surface area contributed by atoms with Gasteiger partial charge in [0.2, 0.25) is 0 Å². The maximum Gasteiger partial charge on any atom is 0.316 e. The largest absolute Gasteiger partial charge is 0.465 e. The molecule has 18 heavy (non-hydrogen) atoms. The molecule has 0 bridgehead atoms. The van der Waals surface area contributed by atoms with E-state index in [4.69, 9.17) is 4.74 Å². The highest BCUT2D eigenvalue weighted by Gasteiger charge is 2.25. The summed E-state index contributed by atoms with van der Waals surface area (Å²) in [4.78, 5) is 23.4. The van der Waals surface area contributed by atoms with E-state index in [9.17, 15) is 9.59 Å². The molecule has 3 nitrogen and oxygen atoms in total. The molecule has 0 saturated carbocycles. The summed E-state index contributed by atoms with van der Waals surface area (Å²) in [7, 11) is 0. The van der Waals surface area contributed by atoms with Crippen molar-refractivity contribution in [3.05, 3.63) is 35.9 Å². The molecule has 0 aliphatic heterocycles. The number of ketones is 1. The Labute approximate surface area is 108 Å². The van der Waals surface area contributed by atoms with Crippen LogP contribution in [-0.2, 0) is 20.7 Å². The van der Waals surface area contributed by atoms with Crippen molar-refractivity contribution >= 4 is 11.8 Å². The second kappa shape index (κ2) is 6.94. The van der Waals surface area contributed by atoms with Crippen LogP contribution in [0.1, 0.15) is 26.3 Å². The zero-order valence-corrected chi connectivity index (χ0v) is 11.2. The molecule has 0 aromatic heterocycles. The number of esters is 1. The van der Waals surface area contributed by atoms with Gasteiger partial charge in [0, 0.05) is 0 Å². The number of benzene rings is 1. The second-order valence-electron chi connectivity index (χ2n) is 4.88. The van der Waals surface area contributed by atoms with E-state index in [1.165, 1.54) is 6.92 Å². The first-order valence-electron chi connectivity index (χ1n) is 6.21. The Morgan fingerprint density at radius 2 is 1.78 bits per heavy atom. The predicted molar refractivity (Wildman–Crippen MR) is 70.1 cm³/mol. The number of hydrogen-bond acceptors (Lipinski definition) is 3. The topological polar surface area (TPSA) is 43.4 Å². The summed E-state index contributed by atoms with van der Waals surface area (Å²) in [6, 6.07) is 9.51. The van der Waals surface area contributed by atoms with Gasteiger partial charge in [-0.3, -0.25) is 9.59 Å². The van der Waals surface area contributed by atoms with Crippen molar-refractivity contribution < 1.29 is 14.3 Å². The van der Waals surface area contributed by atoms with Gasteiger partial charge in [-0.15, -0.1) is 0 Å². The van der Waals surface area contributed by atoms with Crippen LogP contribution < -0.4 is 0 Å². The SMILES string of the molecule is CC(=O)C(Cc1ccccc1)C(=O)OCC(C)C. The van der Waals surface area contributed by atoms with Gasteiger partial charge >= 0.3 is 5.97 Å². The number of ether oxygens (including phenoxy) is 1. The minimum Gasteiger partial charge on any atom is -0.465 e. The summed E-state index contributed by atoms with van der Waals surface area (Å²) in [5, 5.41) is 0. The van der Waals surface area contributed by atoms with E-state index < -0.39 is 11.9 Å². The van der Waals surface area contributed by atoms with Gasteiger partial charge in [-0.25, -0.2) is 0 Å². The Kier molecular flexibility index (Phi) is 5.56. The van der Waals surface area contributed by atoms with Crippen LogP contribution >= 0.6 is 0 Å². The molecule has 98 valence electrons. The zero-order valence-electron chi connectivity index (χ0n) is 11.2. The minimum atomic E-state index is -0.689. The summed E-state index contributed by atoms with van der Waals surface area (Å²) in [6.45, 7) is 5.72. The van der Waals surface area contributed by atoms with Crippen molar-refractivity contribution in [1.29, 1.82) is 0 Å². The summed E-state index contributed by atoms with van der Waals surface area (Å²) in [5.41, 5.74) is 0.971. The van der Waals surface area contributed by atoms with Crippen LogP contribution in [0, 0.1) is 11.8 Å². The first kappa shape index (κ1) is 14.4. The first-order chi connectivity index (χ1) is 8.50. The van der Waals surface area contributed by atoms with Gasteiger partial charge in [0.1, 0.15) is 11.7 Å². The Bertz CT molecular complexity index is 395. The van der Waals surface area contributed by atoms with Crippen molar-refractivity contribution in [2.75, 3.05) is 6.61 Å². The van der Waals surface area contributed by atoms with Gasteiger partial charge in [-0.05, 0) is 24.8 Å². The molecule has 1 aromatic rings. The van der Waals surface area contributed by atoms with E-state index >= 15 is 0 Å². The molecule has 0 spiro atoms. The minimum absolute atomic E-state index is 0.146. The molecule has 0 heterocycles. The van der Waals surface area contributed by atoms with Gasteiger partial charge in [0.15, 0.2) is 0 Å². The molecule has 1 aromatic carbocycles. The number of carbonyl (C=O) groups is 2. The van der Waals surface area contributed by atoms with E-state index in [-0.39, 0.29) is 11.7 Å². The Hall–Kier alpha value is -1.64.